The van der Waals surface area contributed by atoms with E-state index in [1.807, 2.05) is 49.7 Å². The van der Waals surface area contributed by atoms with Gasteiger partial charge in [-0.25, -0.2) is 14.6 Å². The first-order chi connectivity index (χ1) is 17.0. The molecule has 0 spiro atoms. The SMILES string of the molecule is CN(C)COCn1cc(-c2cccc3cnc(Nc4cccc(N5CCN(C)CC5)c4)nc23)cn1.[HH]. The van der Waals surface area contributed by atoms with Gasteiger partial charge in [0.25, 0.3) is 0 Å². The zero-order chi connectivity index (χ0) is 24.2. The highest BCUT2D eigenvalue weighted by Gasteiger charge is 2.15. The highest BCUT2D eigenvalue weighted by atomic mass is 16.5. The Bertz CT molecular complexity index is 1290. The Morgan fingerprint density at radius 1 is 1.06 bits per heavy atom. The molecule has 4 aromatic rings. The van der Waals surface area contributed by atoms with Crippen LogP contribution in [0.4, 0.5) is 17.3 Å². The molecule has 0 unspecified atom stereocenters. The van der Waals surface area contributed by atoms with Gasteiger partial charge >= 0.3 is 0 Å². The summed E-state index contributed by atoms with van der Waals surface area (Å²) in [5, 5.41) is 8.84. The van der Waals surface area contributed by atoms with Crippen LogP contribution in [0, 0.1) is 0 Å². The Kier molecular flexibility index (Phi) is 6.89. The molecule has 0 radical (unpaired) electrons. The van der Waals surface area contributed by atoms with Crippen molar-refractivity contribution < 1.29 is 6.16 Å². The van der Waals surface area contributed by atoms with Crippen LogP contribution >= 0.6 is 0 Å². The Balaban J connectivity index is 0.00000304. The summed E-state index contributed by atoms with van der Waals surface area (Å²) in [6, 6.07) is 14.6. The minimum atomic E-state index is 0. The maximum absolute atomic E-state index is 5.65. The number of rotatable bonds is 8. The lowest BCUT2D eigenvalue weighted by Crippen LogP contribution is -2.44. The molecule has 1 fully saturated rings. The van der Waals surface area contributed by atoms with E-state index < -0.39 is 0 Å². The molecule has 1 N–H and O–H groups in total. The molecule has 2 aromatic heterocycles. The molecule has 9 nitrogen and oxygen atoms in total. The average molecular weight is 475 g/mol. The van der Waals surface area contributed by atoms with Gasteiger partial charge in [0.15, 0.2) is 0 Å². The van der Waals surface area contributed by atoms with E-state index in [0.29, 0.717) is 19.4 Å². The second-order valence-corrected chi connectivity index (χ2v) is 9.21. The van der Waals surface area contributed by atoms with Crippen LogP contribution in [-0.2, 0) is 11.5 Å². The number of anilines is 3. The van der Waals surface area contributed by atoms with E-state index in [2.05, 4.69) is 62.6 Å². The number of nitrogens with one attached hydrogen (secondary N) is 1. The molecular formula is C26H34N8O. The lowest BCUT2D eigenvalue weighted by molar-refractivity contribution is 0.00871. The molecule has 0 saturated carbocycles. The second kappa shape index (κ2) is 10.4. The summed E-state index contributed by atoms with van der Waals surface area (Å²) in [4.78, 5) is 16.2. The molecule has 184 valence electrons. The summed E-state index contributed by atoms with van der Waals surface area (Å²) in [6.07, 6.45) is 5.70. The Morgan fingerprint density at radius 2 is 1.89 bits per heavy atom. The number of piperazine rings is 1. The van der Waals surface area contributed by atoms with E-state index in [9.17, 15) is 0 Å². The van der Waals surface area contributed by atoms with Crippen molar-refractivity contribution >= 4 is 28.2 Å². The molecule has 9 heteroatoms. The van der Waals surface area contributed by atoms with Crippen LogP contribution in [-0.4, -0.2) is 83.6 Å². The highest BCUT2D eigenvalue weighted by molar-refractivity contribution is 5.93. The highest BCUT2D eigenvalue weighted by Crippen LogP contribution is 2.28. The van der Waals surface area contributed by atoms with Crippen LogP contribution in [0.15, 0.2) is 61.1 Å². The van der Waals surface area contributed by atoms with Crippen molar-refractivity contribution in [1.82, 2.24) is 29.5 Å². The number of aromatic nitrogens is 4. The van der Waals surface area contributed by atoms with E-state index in [1.165, 1.54) is 5.69 Å². The number of hydrogen-bond acceptors (Lipinski definition) is 8. The molecule has 1 saturated heterocycles. The predicted octanol–water partition coefficient (Wildman–Crippen LogP) is 3.73. The fraction of sp³-hybridized carbons (Fsp3) is 0.346. The summed E-state index contributed by atoms with van der Waals surface area (Å²) >= 11 is 0. The zero-order valence-electron chi connectivity index (χ0n) is 20.6. The molecule has 1 aliphatic heterocycles. The van der Waals surface area contributed by atoms with Gasteiger partial charge in [-0.05, 0) is 39.3 Å². The zero-order valence-corrected chi connectivity index (χ0v) is 20.6. The van der Waals surface area contributed by atoms with Gasteiger partial charge in [0.1, 0.15) is 13.5 Å². The van der Waals surface area contributed by atoms with Gasteiger partial charge < -0.3 is 19.9 Å². The largest absolute Gasteiger partial charge is 0.369 e. The van der Waals surface area contributed by atoms with Crippen molar-refractivity contribution in [2.24, 2.45) is 0 Å². The van der Waals surface area contributed by atoms with Crippen molar-refractivity contribution in [3.8, 4) is 11.1 Å². The molecule has 35 heavy (non-hydrogen) atoms. The quantitative estimate of drug-likeness (QED) is 0.387. The number of para-hydroxylation sites is 1. The fourth-order valence-corrected chi connectivity index (χ4v) is 4.21. The molecule has 0 bridgehead atoms. The van der Waals surface area contributed by atoms with E-state index >= 15 is 0 Å². The molecule has 0 atom stereocenters. The maximum Gasteiger partial charge on any atom is 0.227 e. The van der Waals surface area contributed by atoms with Gasteiger partial charge in [-0.3, -0.25) is 4.90 Å². The summed E-state index contributed by atoms with van der Waals surface area (Å²) in [7, 11) is 6.11. The van der Waals surface area contributed by atoms with E-state index in [1.54, 1.807) is 4.68 Å². The van der Waals surface area contributed by atoms with Crippen molar-refractivity contribution in [3.63, 3.8) is 0 Å². The van der Waals surface area contributed by atoms with E-state index in [-0.39, 0.29) is 1.43 Å². The molecule has 3 heterocycles. The van der Waals surface area contributed by atoms with Crippen LogP contribution < -0.4 is 10.2 Å². The van der Waals surface area contributed by atoms with Crippen LogP contribution in [0.3, 0.4) is 0 Å². The normalized spacial score (nSPS) is 14.7. The standard InChI is InChI=1S/C26H32N8O.H2/c1-31(2)18-35-19-34-17-21(16-28-34)24-9-4-6-20-15-27-26(30-25(20)24)29-22-7-5-8-23(14-22)33-12-10-32(3)11-13-33;/h4-9,14-17H,10-13,18-19H2,1-3H3,(H,27,29,30);1H. The van der Waals surface area contributed by atoms with Crippen LogP contribution in [0.5, 0.6) is 0 Å². The van der Waals surface area contributed by atoms with E-state index in [0.717, 1.165) is 53.9 Å². The first-order valence-electron chi connectivity index (χ1n) is 11.9. The van der Waals surface area contributed by atoms with Gasteiger partial charge in [0.2, 0.25) is 5.95 Å². The minimum Gasteiger partial charge on any atom is -0.369 e. The number of benzene rings is 2. The van der Waals surface area contributed by atoms with Crippen LogP contribution in [0.2, 0.25) is 0 Å². The van der Waals surface area contributed by atoms with Crippen LogP contribution in [0.25, 0.3) is 22.0 Å². The second-order valence-electron chi connectivity index (χ2n) is 9.21. The van der Waals surface area contributed by atoms with Crippen molar-refractivity contribution in [3.05, 3.63) is 61.1 Å². The third-order valence-electron chi connectivity index (χ3n) is 6.10. The average Bonchev–Trinajstić information content (AvgIpc) is 3.33. The summed E-state index contributed by atoms with van der Waals surface area (Å²) < 4.78 is 7.44. The van der Waals surface area contributed by atoms with Crippen molar-refractivity contribution in [1.29, 1.82) is 0 Å². The van der Waals surface area contributed by atoms with E-state index in [4.69, 9.17) is 9.72 Å². The maximum atomic E-state index is 5.65. The first-order valence-corrected chi connectivity index (χ1v) is 11.9. The molecule has 2 aromatic carbocycles. The predicted molar refractivity (Wildman–Crippen MR) is 142 cm³/mol. The van der Waals surface area contributed by atoms with Gasteiger partial charge in [-0.2, -0.15) is 5.10 Å². The number of fused-ring (bicyclic) bond motifs is 1. The third kappa shape index (κ3) is 5.59. The topological polar surface area (TPSA) is 74.6 Å². The number of likely N-dealkylation sites (N-methyl/N-ethyl adjacent to an activating group) is 1. The monoisotopic (exact) mass is 474 g/mol. The number of nitrogens with zero attached hydrogens (tertiary/aromatic N) is 7. The summed E-state index contributed by atoms with van der Waals surface area (Å²) in [6.45, 7) is 5.16. The van der Waals surface area contributed by atoms with Crippen LogP contribution in [0.1, 0.15) is 1.43 Å². The van der Waals surface area contributed by atoms with Gasteiger partial charge in [0.05, 0.1) is 11.7 Å². The molecular weight excluding hydrogens is 440 g/mol. The third-order valence-corrected chi connectivity index (χ3v) is 6.10. The Morgan fingerprint density at radius 3 is 2.71 bits per heavy atom. The summed E-state index contributed by atoms with van der Waals surface area (Å²) in [5.41, 5.74) is 5.08. The number of hydrogen-bond donors (Lipinski definition) is 1. The molecule has 1 aliphatic rings. The van der Waals surface area contributed by atoms with Gasteiger partial charge in [-0.1, -0.05) is 24.3 Å². The Labute approximate surface area is 207 Å². The van der Waals surface area contributed by atoms with Gasteiger partial charge in [-0.15, -0.1) is 0 Å². The van der Waals surface area contributed by atoms with Gasteiger partial charge in [0, 0.05) is 67.9 Å². The van der Waals surface area contributed by atoms with Crippen molar-refractivity contribution in [2.75, 3.05) is 64.3 Å². The lowest BCUT2D eigenvalue weighted by Gasteiger charge is -2.34. The smallest absolute Gasteiger partial charge is 0.227 e. The van der Waals surface area contributed by atoms with Crippen molar-refractivity contribution in [2.45, 2.75) is 6.73 Å². The molecule has 0 amide bonds. The number of ether oxygens (including phenoxy) is 1. The fourth-order valence-electron chi connectivity index (χ4n) is 4.21. The molecule has 0 aliphatic carbocycles. The first kappa shape index (κ1) is 23.2. The summed E-state index contributed by atoms with van der Waals surface area (Å²) in [5.74, 6) is 0.571. The molecule has 5 rings (SSSR count). The Hall–Kier alpha value is -3.53. The minimum absolute atomic E-state index is 0. The lowest BCUT2D eigenvalue weighted by atomic mass is 10.1.